The predicted octanol–water partition coefficient (Wildman–Crippen LogP) is 5.08. The molecule has 0 bridgehead atoms. The third-order valence-electron chi connectivity index (χ3n) is 5.52. The number of ether oxygens (including phenoxy) is 1. The van der Waals surface area contributed by atoms with Crippen molar-refractivity contribution in [3.8, 4) is 0 Å². The highest BCUT2D eigenvalue weighted by Gasteiger charge is 2.52. The van der Waals surface area contributed by atoms with Crippen LogP contribution in [0.25, 0.3) is 0 Å². The third kappa shape index (κ3) is 3.45. The molecule has 3 atom stereocenters. The second kappa shape index (κ2) is 7.37. The van der Waals surface area contributed by atoms with Crippen molar-refractivity contribution in [1.29, 1.82) is 0 Å². The Bertz CT molecular complexity index is 735. The first-order valence-corrected chi connectivity index (χ1v) is 8.91. The Balaban J connectivity index is 1.94. The zero-order chi connectivity index (χ0) is 17.9. The summed E-state index contributed by atoms with van der Waals surface area (Å²) in [4.78, 5) is 12.8. The van der Waals surface area contributed by atoms with Gasteiger partial charge in [0.25, 0.3) is 0 Å². The lowest BCUT2D eigenvalue weighted by Crippen LogP contribution is -2.43. The molecule has 0 heterocycles. The molecule has 1 aliphatic carbocycles. The molecule has 2 nitrogen and oxygen atoms in total. The summed E-state index contributed by atoms with van der Waals surface area (Å²) in [6, 6.07) is 20.3. The van der Waals surface area contributed by atoms with Crippen LogP contribution >= 0.6 is 0 Å². The molecule has 2 aromatic rings. The van der Waals surface area contributed by atoms with Gasteiger partial charge in [0.15, 0.2) is 0 Å². The number of allylic oxidation sites excluding steroid dienone is 1. The average Bonchev–Trinajstić information content (AvgIpc) is 3.03. The van der Waals surface area contributed by atoms with Crippen molar-refractivity contribution in [3.63, 3.8) is 0 Å². The highest BCUT2D eigenvalue weighted by atomic mass is 16.5. The third-order valence-corrected chi connectivity index (χ3v) is 5.52. The molecule has 2 heteroatoms. The number of carbonyl (C=O) groups excluding carboxylic acids is 1. The Morgan fingerprint density at radius 2 is 1.68 bits per heavy atom. The SMILES string of the molecule is C=C(C)[C@H]1C[C@H](OCc2ccccc2)[C@](C(C)=O)(c2ccccc2)C1. The van der Waals surface area contributed by atoms with Crippen LogP contribution in [0.1, 0.15) is 37.8 Å². The van der Waals surface area contributed by atoms with Crippen LogP contribution in [0.4, 0.5) is 0 Å². The monoisotopic (exact) mass is 334 g/mol. The van der Waals surface area contributed by atoms with Gasteiger partial charge in [-0.05, 0) is 43.7 Å². The van der Waals surface area contributed by atoms with Gasteiger partial charge in [-0.1, -0.05) is 72.8 Å². The lowest BCUT2D eigenvalue weighted by Gasteiger charge is -2.33. The molecule has 1 aliphatic rings. The van der Waals surface area contributed by atoms with Crippen LogP contribution in [0.5, 0.6) is 0 Å². The van der Waals surface area contributed by atoms with E-state index < -0.39 is 5.41 Å². The van der Waals surface area contributed by atoms with Crippen LogP contribution < -0.4 is 0 Å². The van der Waals surface area contributed by atoms with Crippen molar-refractivity contribution in [1.82, 2.24) is 0 Å². The molecule has 0 unspecified atom stereocenters. The largest absolute Gasteiger partial charge is 0.372 e. The molecule has 0 saturated heterocycles. The molecule has 0 aromatic heterocycles. The first-order chi connectivity index (χ1) is 12.0. The van der Waals surface area contributed by atoms with E-state index in [0.29, 0.717) is 12.5 Å². The van der Waals surface area contributed by atoms with Crippen molar-refractivity contribution >= 4 is 5.78 Å². The molecule has 0 amide bonds. The average molecular weight is 334 g/mol. The smallest absolute Gasteiger partial charge is 0.142 e. The Hall–Kier alpha value is -2.19. The number of Topliss-reactive ketones (excluding diaryl/α,β-unsaturated/α-hetero) is 1. The summed E-state index contributed by atoms with van der Waals surface area (Å²) in [5.74, 6) is 0.491. The Labute approximate surface area is 150 Å². The molecule has 25 heavy (non-hydrogen) atoms. The molecule has 0 N–H and O–H groups in total. The second-order valence-corrected chi connectivity index (χ2v) is 7.16. The topological polar surface area (TPSA) is 26.3 Å². The molecular formula is C23H26O2. The lowest BCUT2D eigenvalue weighted by molar-refractivity contribution is -0.128. The molecule has 130 valence electrons. The van der Waals surface area contributed by atoms with Crippen LogP contribution in [0.15, 0.2) is 72.8 Å². The number of rotatable bonds is 6. The van der Waals surface area contributed by atoms with Gasteiger partial charge in [-0.25, -0.2) is 0 Å². The summed E-state index contributed by atoms with van der Waals surface area (Å²) in [6.45, 7) is 8.42. The van der Waals surface area contributed by atoms with E-state index in [2.05, 4.69) is 37.8 Å². The second-order valence-electron chi connectivity index (χ2n) is 7.16. The number of hydrogen-bond acceptors (Lipinski definition) is 2. The van der Waals surface area contributed by atoms with Crippen LogP contribution in [-0.4, -0.2) is 11.9 Å². The minimum atomic E-state index is -0.584. The molecule has 0 spiro atoms. The molecule has 0 aliphatic heterocycles. The first-order valence-electron chi connectivity index (χ1n) is 8.91. The fraction of sp³-hybridized carbons (Fsp3) is 0.348. The van der Waals surface area contributed by atoms with Crippen LogP contribution in [0, 0.1) is 5.92 Å². The van der Waals surface area contributed by atoms with Gasteiger partial charge in [-0.3, -0.25) is 4.79 Å². The highest BCUT2D eigenvalue weighted by molar-refractivity contribution is 5.89. The van der Waals surface area contributed by atoms with Gasteiger partial charge < -0.3 is 4.74 Å². The van der Waals surface area contributed by atoms with E-state index in [1.807, 2.05) is 36.4 Å². The maximum Gasteiger partial charge on any atom is 0.142 e. The van der Waals surface area contributed by atoms with E-state index >= 15 is 0 Å². The van der Waals surface area contributed by atoms with Crippen molar-refractivity contribution in [2.75, 3.05) is 0 Å². The summed E-state index contributed by atoms with van der Waals surface area (Å²) in [5.41, 5.74) is 2.74. The van der Waals surface area contributed by atoms with Crippen molar-refractivity contribution < 1.29 is 9.53 Å². The summed E-state index contributed by atoms with van der Waals surface area (Å²) in [5, 5.41) is 0. The summed E-state index contributed by atoms with van der Waals surface area (Å²) < 4.78 is 6.34. The van der Waals surface area contributed by atoms with Gasteiger partial charge in [-0.15, -0.1) is 0 Å². The van der Waals surface area contributed by atoms with Crippen molar-refractivity contribution in [3.05, 3.63) is 83.9 Å². The lowest BCUT2D eigenvalue weighted by atomic mass is 9.73. The normalized spacial score (nSPS) is 25.7. The maximum atomic E-state index is 12.8. The van der Waals surface area contributed by atoms with Crippen molar-refractivity contribution in [2.24, 2.45) is 5.92 Å². The first kappa shape index (κ1) is 17.6. The molecular weight excluding hydrogens is 308 g/mol. The Morgan fingerprint density at radius 3 is 2.24 bits per heavy atom. The van der Waals surface area contributed by atoms with Gasteiger partial charge in [0, 0.05) is 0 Å². The van der Waals surface area contributed by atoms with Crippen molar-refractivity contribution in [2.45, 2.75) is 44.8 Å². The minimum absolute atomic E-state index is 0.130. The van der Waals surface area contributed by atoms with E-state index in [-0.39, 0.29) is 11.9 Å². The van der Waals surface area contributed by atoms with Crippen LogP contribution in [-0.2, 0) is 21.6 Å². The molecule has 0 radical (unpaired) electrons. The van der Waals surface area contributed by atoms with E-state index in [1.165, 1.54) is 0 Å². The van der Waals surface area contributed by atoms with E-state index in [0.717, 1.165) is 29.5 Å². The maximum absolute atomic E-state index is 12.8. The van der Waals surface area contributed by atoms with Gasteiger partial charge >= 0.3 is 0 Å². The summed E-state index contributed by atoms with van der Waals surface area (Å²) >= 11 is 0. The van der Waals surface area contributed by atoms with Crippen LogP contribution in [0.3, 0.4) is 0 Å². The number of hydrogen-bond donors (Lipinski definition) is 0. The molecule has 2 aromatic carbocycles. The molecule has 1 saturated carbocycles. The number of ketones is 1. The predicted molar refractivity (Wildman–Crippen MR) is 101 cm³/mol. The fourth-order valence-electron chi connectivity index (χ4n) is 4.03. The van der Waals surface area contributed by atoms with E-state index in [1.54, 1.807) is 6.92 Å². The summed E-state index contributed by atoms with van der Waals surface area (Å²) in [6.07, 6.45) is 1.49. The Morgan fingerprint density at radius 1 is 1.08 bits per heavy atom. The highest BCUT2D eigenvalue weighted by Crippen LogP contribution is 2.48. The molecule has 3 rings (SSSR count). The van der Waals surface area contributed by atoms with Gasteiger partial charge in [0.05, 0.1) is 18.1 Å². The number of benzene rings is 2. The zero-order valence-corrected chi connectivity index (χ0v) is 15.1. The van der Waals surface area contributed by atoms with Crippen LogP contribution in [0.2, 0.25) is 0 Å². The van der Waals surface area contributed by atoms with Gasteiger partial charge in [0.1, 0.15) is 5.78 Å². The van der Waals surface area contributed by atoms with Gasteiger partial charge in [0.2, 0.25) is 0 Å². The van der Waals surface area contributed by atoms with E-state index in [4.69, 9.17) is 4.74 Å². The number of carbonyl (C=O) groups is 1. The quantitative estimate of drug-likeness (QED) is 0.688. The van der Waals surface area contributed by atoms with Gasteiger partial charge in [-0.2, -0.15) is 0 Å². The summed E-state index contributed by atoms with van der Waals surface area (Å²) in [7, 11) is 0. The minimum Gasteiger partial charge on any atom is -0.372 e. The zero-order valence-electron chi connectivity index (χ0n) is 15.1. The Kier molecular flexibility index (Phi) is 5.19. The van der Waals surface area contributed by atoms with E-state index in [9.17, 15) is 4.79 Å². The standard InChI is InChI=1S/C23H26O2/c1-17(2)20-14-22(25-16-19-10-6-4-7-11-19)23(15-20,18(3)24)21-12-8-5-9-13-21/h4-13,20,22H,1,14-16H2,2-3H3/t20-,22-,23+/m0/s1. The fourth-order valence-corrected chi connectivity index (χ4v) is 4.03. The molecule has 1 fully saturated rings.